The first-order valence-corrected chi connectivity index (χ1v) is 6.87. The molecule has 0 aliphatic carbocycles. The van der Waals surface area contributed by atoms with Crippen LogP contribution in [0.2, 0.25) is 10.0 Å². The molecule has 1 atom stereocenters. The molecule has 1 aromatic rings. The maximum absolute atomic E-state index is 12.2. The normalized spacial score (nSPS) is 12.8. The molecular formula is C13H12Cl2F3NO3. The smallest absolute Gasteiger partial charge is 0.391 e. The Morgan fingerprint density at radius 3 is 2.36 bits per heavy atom. The minimum Gasteiger partial charge on any atom is -0.480 e. The van der Waals surface area contributed by atoms with Gasteiger partial charge >= 0.3 is 12.1 Å². The highest BCUT2D eigenvalue weighted by molar-refractivity contribution is 6.42. The molecule has 1 amide bonds. The van der Waals surface area contributed by atoms with E-state index in [2.05, 4.69) is 0 Å². The van der Waals surface area contributed by atoms with Gasteiger partial charge in [0.15, 0.2) is 0 Å². The van der Waals surface area contributed by atoms with Crippen LogP contribution in [-0.4, -0.2) is 29.2 Å². The molecule has 0 radical (unpaired) electrons. The molecule has 0 bridgehead atoms. The highest BCUT2D eigenvalue weighted by Crippen LogP contribution is 2.23. The quantitative estimate of drug-likeness (QED) is 0.819. The van der Waals surface area contributed by atoms with Gasteiger partial charge in [0, 0.05) is 6.42 Å². The van der Waals surface area contributed by atoms with E-state index in [1.807, 2.05) is 5.32 Å². The monoisotopic (exact) mass is 357 g/mol. The van der Waals surface area contributed by atoms with E-state index in [4.69, 9.17) is 28.3 Å². The molecule has 0 heterocycles. The number of rotatable bonds is 6. The zero-order chi connectivity index (χ0) is 16.9. The van der Waals surface area contributed by atoms with Gasteiger partial charge in [-0.3, -0.25) is 4.79 Å². The number of benzene rings is 1. The van der Waals surface area contributed by atoms with Crippen LogP contribution in [0.15, 0.2) is 18.2 Å². The summed E-state index contributed by atoms with van der Waals surface area (Å²) in [5.74, 6) is -2.53. The van der Waals surface area contributed by atoms with Crippen LogP contribution in [0, 0.1) is 0 Å². The summed E-state index contributed by atoms with van der Waals surface area (Å²) in [7, 11) is 0. The van der Waals surface area contributed by atoms with Crippen LogP contribution < -0.4 is 5.32 Å². The first kappa shape index (κ1) is 18.6. The zero-order valence-electron chi connectivity index (χ0n) is 11.1. The number of aliphatic carboxylic acids is 1. The molecule has 4 nitrogen and oxygen atoms in total. The number of aryl methyl sites for hydroxylation is 1. The maximum Gasteiger partial charge on any atom is 0.391 e. The average molecular weight is 358 g/mol. The predicted octanol–water partition coefficient (Wildman–Crippen LogP) is 3.45. The summed E-state index contributed by atoms with van der Waals surface area (Å²) in [6, 6.07) is 2.68. The number of hydrogen-bond donors (Lipinski definition) is 2. The largest absolute Gasteiger partial charge is 0.480 e. The minimum atomic E-state index is -4.68. The molecular weight excluding hydrogens is 346 g/mol. The molecule has 1 unspecified atom stereocenters. The topological polar surface area (TPSA) is 66.4 Å². The number of carboxylic acids is 1. The molecule has 1 rings (SSSR count). The summed E-state index contributed by atoms with van der Waals surface area (Å²) in [4.78, 5) is 22.3. The number of carbonyl (C=O) groups is 2. The number of halogens is 5. The second kappa shape index (κ2) is 7.69. The van der Waals surface area contributed by atoms with Crippen molar-refractivity contribution >= 4 is 35.1 Å². The van der Waals surface area contributed by atoms with Gasteiger partial charge in [-0.05, 0) is 24.1 Å². The summed E-state index contributed by atoms with van der Waals surface area (Å²) >= 11 is 11.5. The van der Waals surface area contributed by atoms with Crippen molar-refractivity contribution in [2.75, 3.05) is 0 Å². The SMILES string of the molecule is O=C(CCc1ccc(Cl)c(Cl)c1)NC(CC(F)(F)F)C(=O)O. The minimum absolute atomic E-state index is 0.167. The molecule has 0 saturated carbocycles. The predicted molar refractivity (Wildman–Crippen MR) is 75.0 cm³/mol. The highest BCUT2D eigenvalue weighted by atomic mass is 35.5. The number of carbonyl (C=O) groups excluding carboxylic acids is 1. The number of hydrogen-bond acceptors (Lipinski definition) is 2. The van der Waals surface area contributed by atoms with Crippen molar-refractivity contribution in [1.29, 1.82) is 0 Å². The van der Waals surface area contributed by atoms with E-state index in [1.54, 1.807) is 6.07 Å². The lowest BCUT2D eigenvalue weighted by Gasteiger charge is -2.16. The molecule has 0 aromatic heterocycles. The van der Waals surface area contributed by atoms with E-state index in [0.29, 0.717) is 15.6 Å². The fourth-order valence-corrected chi connectivity index (χ4v) is 1.97. The van der Waals surface area contributed by atoms with Crippen molar-refractivity contribution in [2.24, 2.45) is 0 Å². The Hall–Kier alpha value is -1.47. The Morgan fingerprint density at radius 1 is 1.23 bits per heavy atom. The van der Waals surface area contributed by atoms with Crippen LogP contribution in [0.4, 0.5) is 13.2 Å². The summed E-state index contributed by atoms with van der Waals surface area (Å²) in [5, 5.41) is 11.2. The second-order valence-electron chi connectivity index (χ2n) is 4.53. The Balaban J connectivity index is 2.56. The first-order valence-electron chi connectivity index (χ1n) is 6.11. The first-order chi connectivity index (χ1) is 10.1. The lowest BCUT2D eigenvalue weighted by molar-refractivity contribution is -0.160. The molecule has 0 aliphatic heterocycles. The molecule has 22 heavy (non-hydrogen) atoms. The third-order valence-corrected chi connectivity index (χ3v) is 3.43. The van der Waals surface area contributed by atoms with Gasteiger partial charge in [0.25, 0.3) is 0 Å². The Morgan fingerprint density at radius 2 is 1.86 bits per heavy atom. The third-order valence-electron chi connectivity index (χ3n) is 2.69. The van der Waals surface area contributed by atoms with Crippen LogP contribution in [0.1, 0.15) is 18.4 Å². The molecule has 2 N–H and O–H groups in total. The molecule has 0 fully saturated rings. The van der Waals surface area contributed by atoms with Crippen LogP contribution in [0.3, 0.4) is 0 Å². The zero-order valence-corrected chi connectivity index (χ0v) is 12.6. The molecule has 0 saturated heterocycles. The van der Waals surface area contributed by atoms with E-state index in [-0.39, 0.29) is 12.8 Å². The van der Waals surface area contributed by atoms with Crippen molar-refractivity contribution in [2.45, 2.75) is 31.5 Å². The second-order valence-corrected chi connectivity index (χ2v) is 5.34. The molecule has 9 heteroatoms. The number of carboxylic acid groups (broad SMARTS) is 1. The van der Waals surface area contributed by atoms with E-state index >= 15 is 0 Å². The lowest BCUT2D eigenvalue weighted by atomic mass is 10.1. The van der Waals surface area contributed by atoms with Crippen molar-refractivity contribution in [1.82, 2.24) is 5.32 Å². The van der Waals surface area contributed by atoms with Gasteiger partial charge in [0.05, 0.1) is 16.5 Å². The third kappa shape index (κ3) is 6.53. The van der Waals surface area contributed by atoms with Crippen LogP contribution in [0.25, 0.3) is 0 Å². The lowest BCUT2D eigenvalue weighted by Crippen LogP contribution is -2.43. The fourth-order valence-electron chi connectivity index (χ4n) is 1.65. The summed E-state index contributed by atoms with van der Waals surface area (Å²) in [5.41, 5.74) is 0.659. The number of alkyl halides is 3. The average Bonchev–Trinajstić information content (AvgIpc) is 2.38. The van der Waals surface area contributed by atoms with Crippen LogP contribution in [0.5, 0.6) is 0 Å². The van der Waals surface area contributed by atoms with Gasteiger partial charge in [-0.1, -0.05) is 29.3 Å². The molecule has 1 aromatic carbocycles. The molecule has 122 valence electrons. The number of amides is 1. The van der Waals surface area contributed by atoms with Gasteiger partial charge in [0.2, 0.25) is 5.91 Å². The van der Waals surface area contributed by atoms with Crippen molar-refractivity contribution in [3.8, 4) is 0 Å². The summed E-state index contributed by atoms with van der Waals surface area (Å²) in [6.45, 7) is 0. The van der Waals surface area contributed by atoms with Gasteiger partial charge in [-0.15, -0.1) is 0 Å². The van der Waals surface area contributed by atoms with Gasteiger partial charge in [-0.2, -0.15) is 13.2 Å². The standard InChI is InChI=1S/C13H12Cl2F3NO3/c14-8-3-1-7(5-9(8)15)2-4-11(20)19-10(12(21)22)6-13(16,17)18/h1,3,5,10H,2,4,6H2,(H,19,20)(H,21,22). The van der Waals surface area contributed by atoms with Crippen LogP contribution in [-0.2, 0) is 16.0 Å². The Bertz CT molecular complexity index is 564. The fraction of sp³-hybridized carbons (Fsp3) is 0.385. The molecule has 0 aliphatic rings. The Labute approximate surface area is 134 Å². The van der Waals surface area contributed by atoms with Gasteiger partial charge in [-0.25, -0.2) is 4.79 Å². The molecule has 0 spiro atoms. The summed E-state index contributed by atoms with van der Waals surface area (Å²) in [6.07, 6.45) is -6.28. The van der Waals surface area contributed by atoms with Crippen LogP contribution >= 0.6 is 23.2 Å². The van der Waals surface area contributed by atoms with Gasteiger partial charge in [0.1, 0.15) is 6.04 Å². The Kier molecular flexibility index (Phi) is 6.49. The van der Waals surface area contributed by atoms with Crippen molar-refractivity contribution < 1.29 is 27.9 Å². The van der Waals surface area contributed by atoms with E-state index in [1.165, 1.54) is 12.1 Å². The van der Waals surface area contributed by atoms with E-state index in [0.717, 1.165) is 0 Å². The van der Waals surface area contributed by atoms with Crippen molar-refractivity contribution in [3.05, 3.63) is 33.8 Å². The van der Waals surface area contributed by atoms with E-state index < -0.39 is 30.5 Å². The maximum atomic E-state index is 12.2. The van der Waals surface area contributed by atoms with E-state index in [9.17, 15) is 22.8 Å². The summed E-state index contributed by atoms with van der Waals surface area (Å²) < 4.78 is 36.6. The highest BCUT2D eigenvalue weighted by Gasteiger charge is 2.36. The van der Waals surface area contributed by atoms with Gasteiger partial charge < -0.3 is 10.4 Å². The van der Waals surface area contributed by atoms with Crippen molar-refractivity contribution in [3.63, 3.8) is 0 Å². The number of nitrogens with one attached hydrogen (secondary N) is 1.